The Balaban J connectivity index is 2.51. The van der Waals surface area contributed by atoms with Crippen LogP contribution in [0.3, 0.4) is 0 Å². The van der Waals surface area contributed by atoms with Crippen LogP contribution in [0, 0.1) is 0 Å². The maximum absolute atomic E-state index is 4.90. The minimum Gasteiger partial charge on any atom is -0.295 e. The van der Waals surface area contributed by atoms with Crippen LogP contribution < -0.4 is 0 Å². The summed E-state index contributed by atoms with van der Waals surface area (Å²) >= 11 is 3.40. The number of rotatable bonds is 1. The molecule has 1 heterocycles. The summed E-state index contributed by atoms with van der Waals surface area (Å²) in [5, 5.41) is 5.52. The Hall–Kier alpha value is -0.0900. The SMILES string of the molecule is CCN1ON=C(C)C1Br. The molecule has 9 heavy (non-hydrogen) atoms. The van der Waals surface area contributed by atoms with Gasteiger partial charge >= 0.3 is 0 Å². The van der Waals surface area contributed by atoms with E-state index in [1.54, 1.807) is 5.06 Å². The first-order chi connectivity index (χ1) is 4.25. The van der Waals surface area contributed by atoms with Gasteiger partial charge in [0.1, 0.15) is 4.95 Å². The molecular formula is C5H9BrN2O. The third-order valence-corrected chi connectivity index (χ3v) is 2.32. The molecule has 0 aliphatic carbocycles. The molecule has 0 saturated heterocycles. The van der Waals surface area contributed by atoms with Crippen molar-refractivity contribution in [1.82, 2.24) is 5.06 Å². The van der Waals surface area contributed by atoms with Gasteiger partial charge in [-0.3, -0.25) is 4.94 Å². The highest BCUT2D eigenvalue weighted by molar-refractivity contribution is 9.09. The average Bonchev–Trinajstić information content (AvgIpc) is 2.15. The van der Waals surface area contributed by atoms with Crippen LogP contribution in [0.25, 0.3) is 0 Å². The monoisotopic (exact) mass is 192 g/mol. The second-order valence-corrected chi connectivity index (χ2v) is 2.75. The van der Waals surface area contributed by atoms with Crippen molar-refractivity contribution in [1.29, 1.82) is 0 Å². The van der Waals surface area contributed by atoms with Crippen LogP contribution >= 0.6 is 15.9 Å². The summed E-state index contributed by atoms with van der Waals surface area (Å²) in [5.74, 6) is 0. The average molecular weight is 193 g/mol. The number of hydrogen-bond acceptors (Lipinski definition) is 3. The minimum atomic E-state index is 0.169. The molecule has 0 bridgehead atoms. The van der Waals surface area contributed by atoms with E-state index in [2.05, 4.69) is 21.1 Å². The summed E-state index contributed by atoms with van der Waals surface area (Å²) in [4.78, 5) is 5.07. The van der Waals surface area contributed by atoms with E-state index in [9.17, 15) is 0 Å². The zero-order valence-corrected chi connectivity index (χ0v) is 7.05. The molecule has 1 aliphatic rings. The van der Waals surface area contributed by atoms with E-state index in [1.807, 2.05) is 13.8 Å². The first-order valence-electron chi connectivity index (χ1n) is 2.88. The van der Waals surface area contributed by atoms with E-state index in [4.69, 9.17) is 4.94 Å². The van der Waals surface area contributed by atoms with Crippen LogP contribution in [0.15, 0.2) is 5.16 Å². The van der Waals surface area contributed by atoms with Crippen LogP contribution in [-0.2, 0) is 4.94 Å². The van der Waals surface area contributed by atoms with Crippen LogP contribution in [-0.4, -0.2) is 22.3 Å². The standard InChI is InChI=1S/C5H9BrN2O/c1-3-8-5(6)4(2)7-9-8/h5H,3H2,1-2H3. The van der Waals surface area contributed by atoms with Gasteiger partial charge in [0, 0.05) is 6.54 Å². The third-order valence-electron chi connectivity index (χ3n) is 1.20. The highest BCUT2D eigenvalue weighted by atomic mass is 79.9. The normalized spacial score (nSPS) is 27.9. The number of hydrogen-bond donors (Lipinski definition) is 0. The molecule has 0 aromatic carbocycles. The molecule has 1 rings (SSSR count). The van der Waals surface area contributed by atoms with Gasteiger partial charge in [0.2, 0.25) is 0 Å². The van der Waals surface area contributed by atoms with Crippen LogP contribution in [0.1, 0.15) is 13.8 Å². The van der Waals surface area contributed by atoms with Gasteiger partial charge < -0.3 is 0 Å². The van der Waals surface area contributed by atoms with Crippen molar-refractivity contribution in [2.45, 2.75) is 18.8 Å². The van der Waals surface area contributed by atoms with Gasteiger partial charge in [0.05, 0.1) is 5.71 Å². The van der Waals surface area contributed by atoms with Crippen molar-refractivity contribution in [2.75, 3.05) is 6.54 Å². The summed E-state index contributed by atoms with van der Waals surface area (Å²) in [6.45, 7) is 4.79. The van der Waals surface area contributed by atoms with Gasteiger partial charge in [-0.25, -0.2) is 0 Å². The lowest BCUT2D eigenvalue weighted by Crippen LogP contribution is -2.27. The minimum absolute atomic E-state index is 0.169. The molecule has 0 aromatic rings. The highest BCUT2D eigenvalue weighted by Crippen LogP contribution is 2.16. The second kappa shape index (κ2) is 2.66. The zero-order valence-electron chi connectivity index (χ0n) is 5.47. The molecule has 0 spiro atoms. The van der Waals surface area contributed by atoms with Gasteiger partial charge in [-0.15, -0.1) is 0 Å². The van der Waals surface area contributed by atoms with E-state index in [1.165, 1.54) is 0 Å². The highest BCUT2D eigenvalue weighted by Gasteiger charge is 2.24. The lowest BCUT2D eigenvalue weighted by atomic mass is 10.4. The largest absolute Gasteiger partial charge is 0.295 e. The van der Waals surface area contributed by atoms with Crippen molar-refractivity contribution >= 4 is 21.6 Å². The Morgan fingerprint density at radius 2 is 2.56 bits per heavy atom. The van der Waals surface area contributed by atoms with Crippen LogP contribution in [0.2, 0.25) is 0 Å². The maximum atomic E-state index is 4.90. The molecule has 3 nitrogen and oxygen atoms in total. The fourth-order valence-corrected chi connectivity index (χ4v) is 1.08. The molecule has 4 heteroatoms. The molecule has 52 valence electrons. The smallest absolute Gasteiger partial charge is 0.144 e. The van der Waals surface area contributed by atoms with Crippen molar-refractivity contribution in [2.24, 2.45) is 5.16 Å². The van der Waals surface area contributed by atoms with Gasteiger partial charge in [-0.1, -0.05) is 26.1 Å². The van der Waals surface area contributed by atoms with E-state index in [-0.39, 0.29) is 4.95 Å². The zero-order chi connectivity index (χ0) is 6.85. The Labute approximate surface area is 62.7 Å². The fourth-order valence-electron chi connectivity index (χ4n) is 0.628. The maximum Gasteiger partial charge on any atom is 0.144 e. The molecule has 0 aromatic heterocycles. The fraction of sp³-hybridized carbons (Fsp3) is 0.800. The van der Waals surface area contributed by atoms with Crippen LogP contribution in [0.5, 0.6) is 0 Å². The van der Waals surface area contributed by atoms with Crippen molar-refractivity contribution in [3.8, 4) is 0 Å². The predicted molar refractivity (Wildman–Crippen MR) is 39.3 cm³/mol. The first-order valence-corrected chi connectivity index (χ1v) is 3.79. The quantitative estimate of drug-likeness (QED) is 0.463. The third kappa shape index (κ3) is 1.24. The Morgan fingerprint density at radius 1 is 1.89 bits per heavy atom. The lowest BCUT2D eigenvalue weighted by Gasteiger charge is -2.12. The molecule has 0 fully saturated rings. The number of alkyl halides is 1. The number of halogens is 1. The summed E-state index contributed by atoms with van der Waals surface area (Å²) in [6, 6.07) is 0. The predicted octanol–water partition coefficient (Wildman–Crippen LogP) is 1.35. The van der Waals surface area contributed by atoms with Gasteiger partial charge in [0.25, 0.3) is 0 Å². The number of oxime groups is 1. The Morgan fingerprint density at radius 3 is 2.78 bits per heavy atom. The van der Waals surface area contributed by atoms with Gasteiger partial charge in [-0.2, -0.15) is 0 Å². The summed E-state index contributed by atoms with van der Waals surface area (Å²) in [5.41, 5.74) is 0.969. The van der Waals surface area contributed by atoms with Gasteiger partial charge in [-0.05, 0) is 13.8 Å². The molecule has 1 aliphatic heterocycles. The lowest BCUT2D eigenvalue weighted by molar-refractivity contribution is -0.132. The second-order valence-electron chi connectivity index (χ2n) is 1.88. The molecule has 0 saturated carbocycles. The van der Waals surface area contributed by atoms with E-state index < -0.39 is 0 Å². The summed E-state index contributed by atoms with van der Waals surface area (Å²) in [6.07, 6.45) is 0. The molecule has 1 atom stereocenters. The summed E-state index contributed by atoms with van der Waals surface area (Å²) < 4.78 is 0. The number of hydroxylamine groups is 2. The van der Waals surface area contributed by atoms with E-state index >= 15 is 0 Å². The molecule has 0 radical (unpaired) electrons. The Kier molecular flexibility index (Phi) is 2.08. The molecule has 1 unspecified atom stereocenters. The molecular weight excluding hydrogens is 184 g/mol. The van der Waals surface area contributed by atoms with Crippen LogP contribution in [0.4, 0.5) is 0 Å². The van der Waals surface area contributed by atoms with Gasteiger partial charge in [0.15, 0.2) is 0 Å². The number of nitrogens with zero attached hydrogens (tertiary/aromatic N) is 2. The Bertz CT molecular complexity index is 137. The van der Waals surface area contributed by atoms with Crippen molar-refractivity contribution in [3.05, 3.63) is 0 Å². The first kappa shape index (κ1) is 7.02. The van der Waals surface area contributed by atoms with Crippen molar-refractivity contribution in [3.63, 3.8) is 0 Å². The van der Waals surface area contributed by atoms with E-state index in [0.29, 0.717) is 0 Å². The molecule has 0 N–H and O–H groups in total. The van der Waals surface area contributed by atoms with E-state index in [0.717, 1.165) is 12.3 Å². The van der Waals surface area contributed by atoms with Crippen molar-refractivity contribution < 1.29 is 4.94 Å². The molecule has 0 amide bonds. The summed E-state index contributed by atoms with van der Waals surface area (Å²) in [7, 11) is 0. The topological polar surface area (TPSA) is 24.8 Å².